The van der Waals surface area contributed by atoms with Gasteiger partial charge in [-0.25, -0.2) is 9.97 Å². The average molecular weight is 250 g/mol. The fraction of sp³-hybridized carbons (Fsp3) is 0.615. The van der Waals surface area contributed by atoms with Gasteiger partial charge in [0.25, 0.3) is 0 Å². The van der Waals surface area contributed by atoms with E-state index in [-0.39, 0.29) is 18.5 Å². The van der Waals surface area contributed by atoms with Crippen LogP contribution in [0, 0.1) is 6.92 Å². The molecule has 0 aliphatic heterocycles. The molecule has 0 fully saturated rings. The summed E-state index contributed by atoms with van der Waals surface area (Å²) in [7, 11) is 0. The Morgan fingerprint density at radius 3 is 2.50 bits per heavy atom. The van der Waals surface area contributed by atoms with Gasteiger partial charge in [-0.3, -0.25) is 4.79 Å². The lowest BCUT2D eigenvalue weighted by atomic mass is 10.1. The van der Waals surface area contributed by atoms with Gasteiger partial charge in [0, 0.05) is 17.4 Å². The fourth-order valence-electron chi connectivity index (χ4n) is 1.50. The topological polar surface area (TPSA) is 66.9 Å². The van der Waals surface area contributed by atoms with E-state index in [2.05, 4.69) is 34.4 Å². The molecule has 5 heteroatoms. The third kappa shape index (κ3) is 4.69. The Morgan fingerprint density at radius 1 is 1.28 bits per heavy atom. The van der Waals surface area contributed by atoms with Gasteiger partial charge in [0.05, 0.1) is 6.54 Å². The Labute approximate surface area is 108 Å². The summed E-state index contributed by atoms with van der Waals surface area (Å²) in [5.74, 6) is 0.801. The molecule has 0 spiro atoms. The number of amides is 1. The standard InChI is InChI=1S/C13H22N4O/c1-8(2)11-6-10(5)16-13(17-11)14-7-12(18)15-9(3)4/h6,8-9H,7H2,1-5H3,(H,15,18)(H,14,16,17). The van der Waals surface area contributed by atoms with Crippen molar-refractivity contribution in [1.29, 1.82) is 0 Å². The Balaban J connectivity index is 2.64. The lowest BCUT2D eigenvalue weighted by Gasteiger charge is -2.11. The first kappa shape index (κ1) is 14.4. The second kappa shape index (κ2) is 6.33. The van der Waals surface area contributed by atoms with Crippen molar-refractivity contribution in [3.05, 3.63) is 17.5 Å². The van der Waals surface area contributed by atoms with E-state index in [4.69, 9.17) is 0 Å². The summed E-state index contributed by atoms with van der Waals surface area (Å²) in [6, 6.07) is 2.10. The molecule has 1 amide bonds. The van der Waals surface area contributed by atoms with E-state index < -0.39 is 0 Å². The molecule has 1 aromatic rings. The first-order chi connectivity index (χ1) is 8.38. The molecule has 0 saturated heterocycles. The molecule has 1 heterocycles. The number of hydrogen-bond acceptors (Lipinski definition) is 4. The second-order valence-electron chi connectivity index (χ2n) is 4.99. The van der Waals surface area contributed by atoms with Gasteiger partial charge in [0.2, 0.25) is 11.9 Å². The van der Waals surface area contributed by atoms with Crippen LogP contribution in [0.25, 0.3) is 0 Å². The smallest absolute Gasteiger partial charge is 0.239 e. The van der Waals surface area contributed by atoms with Gasteiger partial charge in [-0.05, 0) is 32.8 Å². The summed E-state index contributed by atoms with van der Waals surface area (Å²) < 4.78 is 0. The zero-order valence-corrected chi connectivity index (χ0v) is 11.7. The molecule has 0 atom stereocenters. The minimum Gasteiger partial charge on any atom is -0.352 e. The van der Waals surface area contributed by atoms with E-state index >= 15 is 0 Å². The van der Waals surface area contributed by atoms with Crippen LogP contribution in [0.4, 0.5) is 5.95 Å². The third-order valence-electron chi connectivity index (χ3n) is 2.32. The zero-order valence-electron chi connectivity index (χ0n) is 11.7. The first-order valence-corrected chi connectivity index (χ1v) is 6.27. The predicted molar refractivity (Wildman–Crippen MR) is 72.6 cm³/mol. The number of aromatic nitrogens is 2. The summed E-state index contributed by atoms with van der Waals surface area (Å²) in [5.41, 5.74) is 1.88. The largest absolute Gasteiger partial charge is 0.352 e. The summed E-state index contributed by atoms with van der Waals surface area (Å²) in [6.45, 7) is 10.1. The highest BCUT2D eigenvalue weighted by Crippen LogP contribution is 2.14. The van der Waals surface area contributed by atoms with Crippen LogP contribution >= 0.6 is 0 Å². The van der Waals surface area contributed by atoms with E-state index in [1.165, 1.54) is 0 Å². The Hall–Kier alpha value is -1.65. The number of aryl methyl sites for hydroxylation is 1. The van der Waals surface area contributed by atoms with Crippen molar-refractivity contribution in [2.24, 2.45) is 0 Å². The van der Waals surface area contributed by atoms with Gasteiger partial charge in [-0.2, -0.15) is 0 Å². The van der Waals surface area contributed by atoms with Crippen LogP contribution in [0.15, 0.2) is 6.07 Å². The molecule has 5 nitrogen and oxygen atoms in total. The van der Waals surface area contributed by atoms with Crippen LogP contribution in [0.3, 0.4) is 0 Å². The van der Waals surface area contributed by atoms with Crippen LogP contribution in [0.5, 0.6) is 0 Å². The number of hydrogen-bond donors (Lipinski definition) is 2. The minimum absolute atomic E-state index is 0.0544. The molecular formula is C13H22N4O. The van der Waals surface area contributed by atoms with Crippen molar-refractivity contribution in [2.45, 2.75) is 46.6 Å². The van der Waals surface area contributed by atoms with Gasteiger partial charge < -0.3 is 10.6 Å². The monoisotopic (exact) mass is 250 g/mol. The normalized spacial score (nSPS) is 10.8. The number of carbonyl (C=O) groups is 1. The molecule has 1 aromatic heterocycles. The average Bonchev–Trinajstić information content (AvgIpc) is 2.24. The van der Waals surface area contributed by atoms with E-state index in [1.54, 1.807) is 0 Å². The highest BCUT2D eigenvalue weighted by Gasteiger charge is 2.07. The molecule has 0 saturated carbocycles. The maximum Gasteiger partial charge on any atom is 0.239 e. The summed E-state index contributed by atoms with van der Waals surface area (Å²) in [5, 5.41) is 5.76. The van der Waals surface area contributed by atoms with E-state index in [9.17, 15) is 4.79 Å². The van der Waals surface area contributed by atoms with Gasteiger partial charge in [-0.1, -0.05) is 13.8 Å². The first-order valence-electron chi connectivity index (χ1n) is 6.27. The third-order valence-corrected chi connectivity index (χ3v) is 2.32. The molecule has 100 valence electrons. The molecule has 18 heavy (non-hydrogen) atoms. The van der Waals surface area contributed by atoms with Crippen molar-refractivity contribution in [2.75, 3.05) is 11.9 Å². The molecule has 0 aromatic carbocycles. The van der Waals surface area contributed by atoms with E-state index in [0.717, 1.165) is 11.4 Å². The van der Waals surface area contributed by atoms with Crippen molar-refractivity contribution < 1.29 is 4.79 Å². The van der Waals surface area contributed by atoms with Gasteiger partial charge in [0.15, 0.2) is 0 Å². The quantitative estimate of drug-likeness (QED) is 0.837. The summed E-state index contributed by atoms with van der Waals surface area (Å²) in [6.07, 6.45) is 0. The van der Waals surface area contributed by atoms with Crippen molar-refractivity contribution in [3.8, 4) is 0 Å². The maximum atomic E-state index is 11.5. The van der Waals surface area contributed by atoms with Crippen LogP contribution in [-0.4, -0.2) is 28.5 Å². The van der Waals surface area contributed by atoms with Crippen molar-refractivity contribution in [3.63, 3.8) is 0 Å². The summed E-state index contributed by atoms with van der Waals surface area (Å²) in [4.78, 5) is 20.1. The lowest BCUT2D eigenvalue weighted by Crippen LogP contribution is -2.35. The second-order valence-corrected chi connectivity index (χ2v) is 4.99. The minimum atomic E-state index is -0.0544. The van der Waals surface area contributed by atoms with Crippen molar-refractivity contribution >= 4 is 11.9 Å². The predicted octanol–water partition coefficient (Wildman–Crippen LogP) is 1.84. The van der Waals surface area contributed by atoms with E-state index in [0.29, 0.717) is 11.9 Å². The summed E-state index contributed by atoms with van der Waals surface area (Å²) >= 11 is 0. The Bertz CT molecular complexity index is 415. The molecule has 0 aliphatic rings. The fourth-order valence-corrected chi connectivity index (χ4v) is 1.50. The molecule has 2 N–H and O–H groups in total. The highest BCUT2D eigenvalue weighted by molar-refractivity contribution is 5.80. The highest BCUT2D eigenvalue weighted by atomic mass is 16.1. The SMILES string of the molecule is Cc1cc(C(C)C)nc(NCC(=O)NC(C)C)n1. The van der Waals surface area contributed by atoms with Gasteiger partial charge in [0.1, 0.15) is 0 Å². The number of nitrogens with one attached hydrogen (secondary N) is 2. The molecule has 0 aliphatic carbocycles. The Morgan fingerprint density at radius 2 is 1.94 bits per heavy atom. The number of nitrogens with zero attached hydrogens (tertiary/aromatic N) is 2. The van der Waals surface area contributed by atoms with Crippen LogP contribution in [0.1, 0.15) is 45.0 Å². The van der Waals surface area contributed by atoms with Crippen molar-refractivity contribution in [1.82, 2.24) is 15.3 Å². The maximum absolute atomic E-state index is 11.5. The molecule has 0 unspecified atom stereocenters. The lowest BCUT2D eigenvalue weighted by molar-refractivity contribution is -0.119. The van der Waals surface area contributed by atoms with Crippen LogP contribution < -0.4 is 10.6 Å². The number of rotatable bonds is 5. The molecule has 0 radical (unpaired) electrons. The molecule has 1 rings (SSSR count). The van der Waals surface area contributed by atoms with Crippen LogP contribution in [0.2, 0.25) is 0 Å². The molecule has 0 bridgehead atoms. The van der Waals surface area contributed by atoms with Gasteiger partial charge >= 0.3 is 0 Å². The molecular weight excluding hydrogens is 228 g/mol. The van der Waals surface area contributed by atoms with Gasteiger partial charge in [-0.15, -0.1) is 0 Å². The van der Waals surface area contributed by atoms with Crippen LogP contribution in [-0.2, 0) is 4.79 Å². The number of carbonyl (C=O) groups excluding carboxylic acids is 1. The zero-order chi connectivity index (χ0) is 13.7. The Kier molecular flexibility index (Phi) is 5.07. The number of anilines is 1. The van der Waals surface area contributed by atoms with E-state index in [1.807, 2.05) is 26.8 Å².